The van der Waals surface area contributed by atoms with E-state index in [1.807, 2.05) is 19.9 Å². The van der Waals surface area contributed by atoms with Gasteiger partial charge in [-0.05, 0) is 44.2 Å². The molecule has 0 fully saturated rings. The maximum absolute atomic E-state index is 13.0. The van der Waals surface area contributed by atoms with E-state index in [1.54, 1.807) is 30.5 Å². The zero-order valence-corrected chi connectivity index (χ0v) is 21.3. The van der Waals surface area contributed by atoms with Gasteiger partial charge in [0, 0.05) is 52.0 Å². The lowest BCUT2D eigenvalue weighted by Crippen LogP contribution is -2.44. The standard InChI is InChI=1S/C25H25Cl2N5O4/c1-3-31(4-2)18-7-5-16-11-19(24(34)36-22(16)13-18)23(33)28-14-25(35,15-32-10-9-29-30-32)20-8-6-17(26)12-21(20)27/h5-13,35H,3-4,14-15H2,1-2H3,(H,28,33). The molecule has 188 valence electrons. The molecule has 0 saturated heterocycles. The second kappa shape index (κ2) is 10.7. The number of amides is 1. The average molecular weight is 530 g/mol. The van der Waals surface area contributed by atoms with Crippen LogP contribution in [0.1, 0.15) is 29.8 Å². The number of nitrogens with one attached hydrogen (secondary N) is 1. The largest absolute Gasteiger partial charge is 0.422 e. The molecule has 36 heavy (non-hydrogen) atoms. The van der Waals surface area contributed by atoms with Gasteiger partial charge < -0.3 is 19.7 Å². The molecule has 9 nitrogen and oxygen atoms in total. The van der Waals surface area contributed by atoms with Crippen LogP contribution in [0.15, 0.2) is 64.1 Å². The van der Waals surface area contributed by atoms with Crippen LogP contribution in [-0.2, 0) is 12.1 Å². The Kier molecular flexibility index (Phi) is 7.63. The van der Waals surface area contributed by atoms with E-state index < -0.39 is 17.1 Å². The number of hydrogen-bond acceptors (Lipinski definition) is 7. The summed E-state index contributed by atoms with van der Waals surface area (Å²) in [7, 11) is 0. The van der Waals surface area contributed by atoms with Gasteiger partial charge in [0.1, 0.15) is 16.7 Å². The van der Waals surface area contributed by atoms with Gasteiger partial charge in [-0.15, -0.1) is 5.10 Å². The van der Waals surface area contributed by atoms with E-state index in [-0.39, 0.29) is 23.7 Å². The van der Waals surface area contributed by atoms with E-state index >= 15 is 0 Å². The van der Waals surface area contributed by atoms with Crippen molar-refractivity contribution in [2.45, 2.75) is 26.0 Å². The third-order valence-corrected chi connectivity index (χ3v) is 6.51. The zero-order chi connectivity index (χ0) is 25.9. The molecule has 4 rings (SSSR count). The highest BCUT2D eigenvalue weighted by Crippen LogP contribution is 2.31. The highest BCUT2D eigenvalue weighted by atomic mass is 35.5. The third-order valence-electron chi connectivity index (χ3n) is 5.96. The average Bonchev–Trinajstić information content (AvgIpc) is 3.35. The topological polar surface area (TPSA) is 113 Å². The Balaban J connectivity index is 1.61. The van der Waals surface area contributed by atoms with E-state index in [0.29, 0.717) is 21.6 Å². The SMILES string of the molecule is CCN(CC)c1ccc2cc(C(=O)NCC(O)(Cn3ccnn3)c3ccc(Cl)cc3Cl)c(=O)oc2c1. The van der Waals surface area contributed by atoms with E-state index in [0.717, 1.165) is 18.8 Å². The van der Waals surface area contributed by atoms with Crippen LogP contribution in [-0.4, -0.2) is 45.6 Å². The molecule has 0 aliphatic heterocycles. The van der Waals surface area contributed by atoms with Crippen LogP contribution in [0, 0.1) is 0 Å². The fraction of sp³-hybridized carbons (Fsp3) is 0.280. The first-order valence-corrected chi connectivity index (χ1v) is 12.1. The van der Waals surface area contributed by atoms with Crippen molar-refractivity contribution in [3.63, 3.8) is 0 Å². The number of benzene rings is 2. The molecule has 1 amide bonds. The molecular formula is C25H25Cl2N5O4. The Hall–Kier alpha value is -3.40. The van der Waals surface area contributed by atoms with Gasteiger partial charge >= 0.3 is 5.63 Å². The second-order valence-electron chi connectivity index (χ2n) is 8.28. The van der Waals surface area contributed by atoms with Gasteiger partial charge in [0.15, 0.2) is 0 Å². The number of hydrogen-bond donors (Lipinski definition) is 2. The summed E-state index contributed by atoms with van der Waals surface area (Å²) in [5.41, 5.74) is -0.994. The first-order valence-electron chi connectivity index (χ1n) is 11.4. The molecule has 0 spiro atoms. The Morgan fingerprint density at radius 3 is 2.61 bits per heavy atom. The summed E-state index contributed by atoms with van der Waals surface area (Å²) in [6, 6.07) is 11.6. The van der Waals surface area contributed by atoms with Crippen molar-refractivity contribution >= 4 is 45.8 Å². The predicted octanol–water partition coefficient (Wildman–Crippen LogP) is 3.86. The molecule has 0 radical (unpaired) electrons. The van der Waals surface area contributed by atoms with Gasteiger partial charge in [-0.1, -0.05) is 34.5 Å². The predicted molar refractivity (Wildman–Crippen MR) is 139 cm³/mol. The van der Waals surface area contributed by atoms with Gasteiger partial charge in [0.25, 0.3) is 5.91 Å². The fourth-order valence-electron chi connectivity index (χ4n) is 4.05. The number of halogens is 2. The van der Waals surface area contributed by atoms with Crippen LogP contribution in [0.5, 0.6) is 0 Å². The van der Waals surface area contributed by atoms with Crippen molar-refractivity contribution in [3.8, 4) is 0 Å². The number of fused-ring (bicyclic) bond motifs is 1. The van der Waals surface area contributed by atoms with Gasteiger partial charge in [0.2, 0.25) is 0 Å². The second-order valence-corrected chi connectivity index (χ2v) is 9.12. The molecule has 1 atom stereocenters. The van der Waals surface area contributed by atoms with Crippen LogP contribution < -0.4 is 15.8 Å². The van der Waals surface area contributed by atoms with Crippen LogP contribution in [0.25, 0.3) is 11.0 Å². The maximum Gasteiger partial charge on any atom is 0.349 e. The maximum atomic E-state index is 13.0. The molecule has 0 saturated carbocycles. The smallest absolute Gasteiger partial charge is 0.349 e. The number of aliphatic hydroxyl groups is 1. The summed E-state index contributed by atoms with van der Waals surface area (Å²) in [5, 5.41) is 23.1. The summed E-state index contributed by atoms with van der Waals surface area (Å²) < 4.78 is 6.88. The first-order chi connectivity index (χ1) is 17.2. The van der Waals surface area contributed by atoms with Crippen molar-refractivity contribution in [3.05, 3.63) is 86.5 Å². The highest BCUT2D eigenvalue weighted by Gasteiger charge is 2.34. The molecule has 0 aliphatic rings. The number of aromatic nitrogens is 3. The van der Waals surface area contributed by atoms with Crippen molar-refractivity contribution < 1.29 is 14.3 Å². The van der Waals surface area contributed by atoms with Gasteiger partial charge in [-0.25, -0.2) is 9.48 Å². The van der Waals surface area contributed by atoms with Crippen molar-refractivity contribution in [2.24, 2.45) is 0 Å². The lowest BCUT2D eigenvalue weighted by Gasteiger charge is -2.29. The molecule has 0 bridgehead atoms. The fourth-order valence-corrected chi connectivity index (χ4v) is 4.64. The van der Waals surface area contributed by atoms with Crippen LogP contribution in [0.3, 0.4) is 0 Å². The van der Waals surface area contributed by atoms with Crippen molar-refractivity contribution in [1.29, 1.82) is 0 Å². The molecule has 2 aromatic carbocycles. The lowest BCUT2D eigenvalue weighted by molar-refractivity contribution is 0.0149. The Labute approximate surface area is 217 Å². The number of nitrogens with zero attached hydrogens (tertiary/aromatic N) is 4. The lowest BCUT2D eigenvalue weighted by atomic mass is 9.93. The molecule has 2 heterocycles. The van der Waals surface area contributed by atoms with Crippen LogP contribution in [0.4, 0.5) is 5.69 Å². The van der Waals surface area contributed by atoms with E-state index in [2.05, 4.69) is 20.5 Å². The summed E-state index contributed by atoms with van der Waals surface area (Å²) in [4.78, 5) is 27.8. The molecule has 0 aliphatic carbocycles. The normalized spacial score (nSPS) is 12.9. The monoisotopic (exact) mass is 529 g/mol. The van der Waals surface area contributed by atoms with Gasteiger partial charge in [-0.2, -0.15) is 0 Å². The van der Waals surface area contributed by atoms with E-state index in [1.165, 1.54) is 23.0 Å². The quantitative estimate of drug-likeness (QED) is 0.316. The first kappa shape index (κ1) is 25.7. The minimum atomic E-state index is -1.68. The highest BCUT2D eigenvalue weighted by molar-refractivity contribution is 6.35. The molecule has 2 aromatic heterocycles. The van der Waals surface area contributed by atoms with Crippen molar-refractivity contribution in [1.82, 2.24) is 20.3 Å². The number of carbonyl (C=O) groups is 1. The van der Waals surface area contributed by atoms with E-state index in [9.17, 15) is 14.7 Å². The molecule has 2 N–H and O–H groups in total. The van der Waals surface area contributed by atoms with Gasteiger partial charge in [-0.3, -0.25) is 4.79 Å². The molecular weight excluding hydrogens is 505 g/mol. The van der Waals surface area contributed by atoms with Crippen LogP contribution >= 0.6 is 23.2 Å². The van der Waals surface area contributed by atoms with Crippen molar-refractivity contribution in [2.75, 3.05) is 24.5 Å². The summed E-state index contributed by atoms with van der Waals surface area (Å²) >= 11 is 12.4. The molecule has 11 heteroatoms. The number of carbonyl (C=O) groups excluding carboxylic acids is 1. The Bertz CT molecular complexity index is 1440. The number of rotatable bonds is 9. The zero-order valence-electron chi connectivity index (χ0n) is 19.7. The Morgan fingerprint density at radius 1 is 1.17 bits per heavy atom. The number of anilines is 1. The summed E-state index contributed by atoms with van der Waals surface area (Å²) in [6.07, 6.45) is 3.04. The molecule has 4 aromatic rings. The minimum absolute atomic E-state index is 0.0604. The third kappa shape index (κ3) is 5.38. The summed E-state index contributed by atoms with van der Waals surface area (Å²) in [6.45, 7) is 5.36. The van der Waals surface area contributed by atoms with Gasteiger partial charge in [0.05, 0.1) is 19.3 Å². The van der Waals surface area contributed by atoms with E-state index in [4.69, 9.17) is 27.6 Å². The minimum Gasteiger partial charge on any atom is -0.422 e. The Morgan fingerprint density at radius 2 is 1.94 bits per heavy atom. The summed E-state index contributed by atoms with van der Waals surface area (Å²) in [5.74, 6) is -0.694. The molecule has 1 unspecified atom stereocenters. The van der Waals surface area contributed by atoms with Crippen LogP contribution in [0.2, 0.25) is 10.0 Å².